The summed E-state index contributed by atoms with van der Waals surface area (Å²) in [6, 6.07) is 176. The molecule has 8 aromatic heterocycles. The minimum Gasteiger partial charge on any atom is -0.455 e. The molecule has 0 aliphatic heterocycles. The van der Waals surface area contributed by atoms with Gasteiger partial charge in [0, 0.05) is 136 Å². The van der Waals surface area contributed by atoms with Gasteiger partial charge in [0.2, 0.25) is 0 Å². The summed E-state index contributed by atoms with van der Waals surface area (Å²) in [5.74, 6) is 3.88. The average Bonchev–Trinajstić information content (AvgIpc) is 1.53. The van der Waals surface area contributed by atoms with Crippen LogP contribution in [0.1, 0.15) is 0 Å². The summed E-state index contributed by atoms with van der Waals surface area (Å²) in [5, 5.41) is 22.3. The fourth-order valence-corrected chi connectivity index (χ4v) is 23.3. The summed E-state index contributed by atoms with van der Waals surface area (Å²) in [5.41, 5.74) is 26.2. The molecule has 11 nitrogen and oxygen atoms in total. The van der Waals surface area contributed by atoms with Gasteiger partial charge in [-0.15, -0.1) is 11.3 Å². The summed E-state index contributed by atoms with van der Waals surface area (Å²) in [6.07, 6.45) is 0. The zero-order chi connectivity index (χ0) is 94.8. The van der Waals surface area contributed by atoms with Gasteiger partial charge >= 0.3 is 0 Å². The fraction of sp³-hybridized carbons (Fsp3) is 0. The predicted octanol–water partition coefficient (Wildman–Crippen LogP) is 34.9. The third kappa shape index (κ3) is 13.8. The predicted molar refractivity (Wildman–Crippen MR) is 600 cm³/mol. The van der Waals surface area contributed by atoms with Crippen LogP contribution in [0.25, 0.3) is 275 Å². The van der Waals surface area contributed by atoms with Crippen LogP contribution in [-0.2, 0) is 0 Å². The number of furan rings is 1. The Labute approximate surface area is 830 Å². The first kappa shape index (κ1) is 83.1. The van der Waals surface area contributed by atoms with Crippen molar-refractivity contribution in [1.29, 1.82) is 0 Å². The van der Waals surface area contributed by atoms with Gasteiger partial charge in [0.15, 0.2) is 34.9 Å². The molecule has 8 heterocycles. The monoisotopic (exact) mass is 1850 g/mol. The Bertz CT molecular complexity index is 9750. The lowest BCUT2D eigenvalue weighted by molar-refractivity contribution is 0.673. The third-order valence-electron chi connectivity index (χ3n) is 28.3. The van der Waals surface area contributed by atoms with Crippen LogP contribution in [0, 0.1) is 0 Å². The maximum atomic E-state index is 6.67. The second-order valence-electron chi connectivity index (χ2n) is 36.6. The van der Waals surface area contributed by atoms with E-state index in [1.165, 1.54) is 140 Å². The molecule has 0 radical (unpaired) electrons. The zero-order valence-corrected chi connectivity index (χ0v) is 78.4. The smallest absolute Gasteiger partial charge is 0.164 e. The molecule has 0 spiro atoms. The van der Waals surface area contributed by atoms with Crippen molar-refractivity contribution in [2.45, 2.75) is 0 Å². The first-order valence-electron chi connectivity index (χ1n) is 48.6. The molecule has 12 heteroatoms. The Morgan fingerprint density at radius 1 is 0.167 bits per heavy atom. The number of benzene rings is 22. The highest BCUT2D eigenvalue weighted by Gasteiger charge is 2.30. The van der Waals surface area contributed by atoms with Crippen LogP contribution in [-0.4, -0.2) is 48.2 Å². The van der Waals surface area contributed by atoms with Crippen molar-refractivity contribution in [1.82, 2.24) is 48.2 Å². The number of hydrogen-bond acceptors (Lipinski definition) is 8. The minimum absolute atomic E-state index is 0.630. The highest BCUT2D eigenvalue weighted by molar-refractivity contribution is 7.27. The Hall–Kier alpha value is -19.1. The summed E-state index contributed by atoms with van der Waals surface area (Å²) >= 11 is 1.89. The number of rotatable bonds is 12. The number of para-hydroxylation sites is 6. The van der Waals surface area contributed by atoms with Crippen molar-refractivity contribution in [2.24, 2.45) is 0 Å². The van der Waals surface area contributed by atoms with E-state index in [0.717, 1.165) is 99.9 Å². The van der Waals surface area contributed by atoms with E-state index in [1.54, 1.807) is 0 Å². The number of thiophene rings is 1. The van der Waals surface area contributed by atoms with Crippen LogP contribution < -0.4 is 0 Å². The largest absolute Gasteiger partial charge is 0.455 e. The molecule has 0 aliphatic rings. The molecule has 0 N–H and O–H groups in total. The molecule has 0 saturated carbocycles. The van der Waals surface area contributed by atoms with Gasteiger partial charge in [-0.3, -0.25) is 0 Å². The van der Waals surface area contributed by atoms with Crippen LogP contribution in [0.15, 0.2) is 502 Å². The molecular weight excluding hydrogens is 1770 g/mol. The number of aromatic nitrogens is 10. The molecule has 0 fully saturated rings. The lowest BCUT2D eigenvalue weighted by Crippen LogP contribution is -2.00. The van der Waals surface area contributed by atoms with Gasteiger partial charge in [0.25, 0.3) is 0 Å². The molecular formula is C132H82N10OS. The van der Waals surface area contributed by atoms with E-state index in [-0.39, 0.29) is 0 Å². The Morgan fingerprint density at radius 3 is 0.840 bits per heavy atom. The van der Waals surface area contributed by atoms with Crippen molar-refractivity contribution < 1.29 is 4.42 Å². The van der Waals surface area contributed by atoms with Gasteiger partial charge < -0.3 is 22.7 Å². The van der Waals surface area contributed by atoms with Gasteiger partial charge in [-0.1, -0.05) is 382 Å². The second-order valence-corrected chi connectivity index (χ2v) is 37.6. The van der Waals surface area contributed by atoms with Crippen LogP contribution in [0.5, 0.6) is 0 Å². The van der Waals surface area contributed by atoms with Crippen molar-refractivity contribution in [2.75, 3.05) is 0 Å². The van der Waals surface area contributed by atoms with E-state index >= 15 is 0 Å². The molecule has 0 aliphatic carbocycles. The van der Waals surface area contributed by atoms with E-state index in [2.05, 4.69) is 388 Å². The Balaban J connectivity index is 0.000000105. The van der Waals surface area contributed by atoms with E-state index < -0.39 is 0 Å². The van der Waals surface area contributed by atoms with E-state index in [9.17, 15) is 0 Å². The molecule has 0 unspecified atom stereocenters. The average molecular weight is 1860 g/mol. The maximum absolute atomic E-state index is 6.67. The van der Waals surface area contributed by atoms with E-state index in [4.69, 9.17) is 34.3 Å². The lowest BCUT2D eigenvalue weighted by atomic mass is 9.97. The van der Waals surface area contributed by atoms with Crippen molar-refractivity contribution in [3.8, 4) is 113 Å². The normalized spacial score (nSPS) is 11.8. The van der Waals surface area contributed by atoms with Gasteiger partial charge in [-0.05, 0) is 159 Å². The second kappa shape index (κ2) is 34.5. The molecule has 30 aromatic rings. The summed E-state index contributed by atoms with van der Waals surface area (Å²) < 4.78 is 19.1. The zero-order valence-electron chi connectivity index (χ0n) is 77.6. The Morgan fingerprint density at radius 2 is 0.438 bits per heavy atom. The van der Waals surface area contributed by atoms with E-state index in [1.807, 2.05) is 139 Å². The molecule has 30 rings (SSSR count). The minimum atomic E-state index is 0.630. The Kier molecular flexibility index (Phi) is 19.9. The van der Waals surface area contributed by atoms with Crippen LogP contribution in [0.3, 0.4) is 0 Å². The SMILES string of the molecule is c1ccc(-c2cc(-c3ccccc3)cc(-n3c4ccccc4c4c5ccccc5c5c6ccccc6n(-c6ccccc6)c5c43)c2)cc1.c1ccc(-c2nc(-c3ccccc3)nc(-c3ccc(-n4c5ccccc5c5c6oc7ccccc7c6c6ccccc6c54)cc3)n2)cc1.c1ccc(-c2nc(-c3ccccc3)nc(-c3ccc(-n4c5ccccc5c5c6sc7ccccc7c6c6ccccc6c54)cc3)n2)cc1. The molecule has 0 amide bonds. The number of nitrogens with zero attached hydrogens (tertiary/aromatic N) is 10. The molecule has 0 bridgehead atoms. The van der Waals surface area contributed by atoms with Crippen molar-refractivity contribution in [3.63, 3.8) is 0 Å². The third-order valence-corrected chi connectivity index (χ3v) is 29.5. The molecule has 672 valence electrons. The maximum Gasteiger partial charge on any atom is 0.164 e. The highest BCUT2D eigenvalue weighted by Crippen LogP contribution is 2.53. The van der Waals surface area contributed by atoms with Gasteiger partial charge in [-0.25, -0.2) is 29.9 Å². The standard InChI is InChI=1S/C46H30N2.C43H26N4O.C43H26N4S/c1-4-16-31(17-5-1)33-28-34(32-18-6-2-7-19-32)30-36(29-33)48-42-27-15-13-25-40(42)44-38-23-11-10-22-37(38)43-39-24-12-14-26-41(39)47(45(43)46(44)48)35-20-8-3-9-21-35;2*1-3-13-27(14-4-1)41-44-42(28-15-5-2-6-16-28)46-43(45-41)29-23-25-30(26-24-29)47-35-21-11-9-19-33(35)38-39(47)32-18-8-7-17-31(32)37-34-20-10-12-22-36(34)48-40(37)38/h1-30H;2*1-26H. The summed E-state index contributed by atoms with van der Waals surface area (Å²) in [7, 11) is 0. The summed E-state index contributed by atoms with van der Waals surface area (Å²) in [4.78, 5) is 29.5. The highest BCUT2D eigenvalue weighted by atomic mass is 32.1. The van der Waals surface area contributed by atoms with Gasteiger partial charge in [-0.2, -0.15) is 0 Å². The van der Waals surface area contributed by atoms with Gasteiger partial charge in [0.05, 0.1) is 49.5 Å². The van der Waals surface area contributed by atoms with Crippen molar-refractivity contribution >= 4 is 173 Å². The summed E-state index contributed by atoms with van der Waals surface area (Å²) in [6.45, 7) is 0. The molecule has 0 atom stereocenters. The first-order valence-corrected chi connectivity index (χ1v) is 49.4. The molecule has 144 heavy (non-hydrogen) atoms. The van der Waals surface area contributed by atoms with Crippen LogP contribution in [0.2, 0.25) is 0 Å². The fourth-order valence-electron chi connectivity index (χ4n) is 22.0. The number of fused-ring (bicyclic) bond motifs is 30. The van der Waals surface area contributed by atoms with Crippen LogP contribution >= 0.6 is 11.3 Å². The van der Waals surface area contributed by atoms with Crippen molar-refractivity contribution in [3.05, 3.63) is 497 Å². The number of hydrogen-bond donors (Lipinski definition) is 0. The van der Waals surface area contributed by atoms with Crippen LogP contribution in [0.4, 0.5) is 0 Å². The molecule has 0 saturated heterocycles. The molecule has 22 aromatic carbocycles. The quantitative estimate of drug-likeness (QED) is 0.120. The van der Waals surface area contributed by atoms with E-state index in [0.29, 0.717) is 34.9 Å². The lowest BCUT2D eigenvalue weighted by Gasteiger charge is -2.16. The first-order chi connectivity index (χ1) is 71.5. The van der Waals surface area contributed by atoms with Gasteiger partial charge in [0.1, 0.15) is 11.2 Å². The topological polar surface area (TPSA) is 110 Å².